The number of benzene rings is 2. The Labute approximate surface area is 202 Å². The Balaban J connectivity index is 1.68. The van der Waals surface area contributed by atoms with E-state index in [0.717, 1.165) is 31.2 Å². The molecular formula is C25H28F4N2O3S. The number of halogens is 4. The summed E-state index contributed by atoms with van der Waals surface area (Å²) in [6, 6.07) is 6.02. The van der Waals surface area contributed by atoms with Gasteiger partial charge in [0.05, 0.1) is 19.0 Å². The molecule has 1 N–H and O–H groups in total. The summed E-state index contributed by atoms with van der Waals surface area (Å²) in [6.45, 7) is -0.187. The number of sulfonamides is 1. The van der Waals surface area contributed by atoms with Gasteiger partial charge in [0.25, 0.3) is 0 Å². The lowest BCUT2D eigenvalue weighted by Crippen LogP contribution is -2.49. The summed E-state index contributed by atoms with van der Waals surface area (Å²) >= 11 is 0. The summed E-state index contributed by atoms with van der Waals surface area (Å²) in [5.74, 6) is -2.58. The van der Waals surface area contributed by atoms with Gasteiger partial charge in [0, 0.05) is 36.1 Å². The monoisotopic (exact) mass is 512 g/mol. The molecule has 5 nitrogen and oxygen atoms in total. The summed E-state index contributed by atoms with van der Waals surface area (Å²) in [6.07, 6.45) is 3.26. The number of likely N-dealkylation sites (tertiary alicyclic amines) is 1. The highest BCUT2D eigenvalue weighted by atomic mass is 32.2. The number of hydrogen-bond acceptors (Lipinski definition) is 3. The number of amides is 1. The van der Waals surface area contributed by atoms with Crippen molar-refractivity contribution in [3.05, 3.63) is 59.4 Å². The van der Waals surface area contributed by atoms with Crippen LogP contribution in [0.25, 0.3) is 11.1 Å². The molecule has 4 rings (SSSR count). The van der Waals surface area contributed by atoms with Crippen molar-refractivity contribution in [2.45, 2.75) is 50.6 Å². The minimum absolute atomic E-state index is 0.00785. The average Bonchev–Trinajstić information content (AvgIpc) is 3.49. The molecule has 2 aromatic rings. The molecule has 190 valence electrons. The summed E-state index contributed by atoms with van der Waals surface area (Å²) in [7, 11) is -3.62. The van der Waals surface area contributed by atoms with E-state index in [4.69, 9.17) is 0 Å². The zero-order valence-corrected chi connectivity index (χ0v) is 20.2. The summed E-state index contributed by atoms with van der Waals surface area (Å²) in [5, 5.41) is 0. The third kappa shape index (κ3) is 5.69. The van der Waals surface area contributed by atoms with Crippen molar-refractivity contribution < 1.29 is 30.8 Å². The molecule has 2 atom stereocenters. The van der Waals surface area contributed by atoms with Crippen molar-refractivity contribution in [3.8, 4) is 11.1 Å². The summed E-state index contributed by atoms with van der Waals surface area (Å²) < 4.78 is 82.6. The van der Waals surface area contributed by atoms with Crippen molar-refractivity contribution in [2.75, 3.05) is 19.5 Å². The highest BCUT2D eigenvalue weighted by Crippen LogP contribution is 2.55. The van der Waals surface area contributed by atoms with Crippen molar-refractivity contribution in [2.24, 2.45) is 5.41 Å². The Kier molecular flexibility index (Phi) is 7.24. The summed E-state index contributed by atoms with van der Waals surface area (Å²) in [5.41, 5.74) is -0.161. The average molecular weight is 513 g/mol. The zero-order valence-electron chi connectivity index (χ0n) is 19.4. The van der Waals surface area contributed by atoms with Crippen LogP contribution in [0.5, 0.6) is 0 Å². The number of nitrogens with zero attached hydrogens (tertiary/aromatic N) is 1. The third-order valence-corrected chi connectivity index (χ3v) is 7.62. The fourth-order valence-electron chi connectivity index (χ4n) is 5.12. The van der Waals surface area contributed by atoms with Crippen molar-refractivity contribution in [1.29, 1.82) is 0 Å². The maximum absolute atomic E-state index is 15.6. The van der Waals surface area contributed by atoms with Crippen molar-refractivity contribution in [1.82, 2.24) is 9.62 Å². The second-order valence-electron chi connectivity index (χ2n) is 9.61. The number of unbranched alkanes of at least 4 members (excludes halogenated alkanes) is 1. The van der Waals surface area contributed by atoms with E-state index in [0.29, 0.717) is 19.0 Å². The lowest BCUT2D eigenvalue weighted by atomic mass is 9.91. The molecule has 0 bridgehead atoms. The predicted octanol–water partition coefficient (Wildman–Crippen LogP) is 4.36. The number of nitrogens with one attached hydrogen (secondary N) is 1. The van der Waals surface area contributed by atoms with Gasteiger partial charge < -0.3 is 4.90 Å². The van der Waals surface area contributed by atoms with Crippen LogP contribution in [0, 0.1) is 22.9 Å². The predicted molar refractivity (Wildman–Crippen MR) is 124 cm³/mol. The van der Waals surface area contributed by atoms with E-state index < -0.39 is 51.6 Å². The zero-order chi connectivity index (χ0) is 25.4. The van der Waals surface area contributed by atoms with Gasteiger partial charge in [-0.05, 0) is 55.4 Å². The van der Waals surface area contributed by atoms with Crippen LogP contribution in [0.3, 0.4) is 0 Å². The van der Waals surface area contributed by atoms with Crippen molar-refractivity contribution >= 4 is 15.9 Å². The number of hydrogen-bond donors (Lipinski definition) is 1. The molecule has 0 aromatic heterocycles. The van der Waals surface area contributed by atoms with Gasteiger partial charge in [-0.25, -0.2) is 26.3 Å². The Hall–Kier alpha value is -2.46. The smallest absolute Gasteiger partial charge is 0.222 e. The fourth-order valence-corrected chi connectivity index (χ4v) is 5.99. The molecule has 0 radical (unpaired) electrons. The molecule has 2 unspecified atom stereocenters. The number of carbonyl (C=O) groups is 1. The quantitative estimate of drug-likeness (QED) is 0.401. The van der Waals surface area contributed by atoms with E-state index in [2.05, 4.69) is 4.72 Å². The van der Waals surface area contributed by atoms with Crippen LogP contribution in [0.4, 0.5) is 17.6 Å². The largest absolute Gasteiger partial charge is 0.337 e. The minimum atomic E-state index is -3.62. The van der Waals surface area contributed by atoms with E-state index in [9.17, 15) is 26.4 Å². The first-order chi connectivity index (χ1) is 16.5. The van der Waals surface area contributed by atoms with Gasteiger partial charge in [0.1, 0.15) is 17.5 Å². The highest BCUT2D eigenvalue weighted by Gasteiger charge is 2.61. The molecule has 1 amide bonds. The molecule has 10 heteroatoms. The van der Waals surface area contributed by atoms with E-state index in [1.54, 1.807) is 11.0 Å². The van der Waals surface area contributed by atoms with Gasteiger partial charge in [0.2, 0.25) is 15.9 Å². The normalized spacial score (nSPS) is 21.0. The van der Waals surface area contributed by atoms with Gasteiger partial charge in [-0.15, -0.1) is 0 Å². The van der Waals surface area contributed by atoms with E-state index in [1.165, 1.54) is 12.1 Å². The van der Waals surface area contributed by atoms with Crippen LogP contribution < -0.4 is 4.72 Å². The van der Waals surface area contributed by atoms with Gasteiger partial charge >= 0.3 is 0 Å². The van der Waals surface area contributed by atoms with Crippen LogP contribution in [-0.2, 0) is 21.2 Å². The Bertz CT molecular complexity index is 1200. The number of alkyl halides is 1. The van der Waals surface area contributed by atoms with Crippen molar-refractivity contribution in [3.63, 3.8) is 0 Å². The topological polar surface area (TPSA) is 66.5 Å². The van der Waals surface area contributed by atoms with E-state index in [-0.39, 0.29) is 41.9 Å². The van der Waals surface area contributed by atoms with Gasteiger partial charge in [-0.1, -0.05) is 18.2 Å². The molecule has 2 aromatic carbocycles. The molecule has 1 aliphatic heterocycles. The molecule has 2 aliphatic rings. The second-order valence-corrected chi connectivity index (χ2v) is 11.4. The SMILES string of the molecule is CS(=O)(=O)NC1C(Cc2cccc(-c3cc(F)cc(F)c3)c2F)N(C(=O)CCCCF)CC12CC2. The highest BCUT2D eigenvalue weighted by molar-refractivity contribution is 7.88. The van der Waals surface area contributed by atoms with Gasteiger partial charge in [0.15, 0.2) is 0 Å². The maximum atomic E-state index is 15.6. The Morgan fingerprint density at radius 1 is 1.11 bits per heavy atom. The number of rotatable bonds is 9. The first kappa shape index (κ1) is 25.6. The summed E-state index contributed by atoms with van der Waals surface area (Å²) in [4.78, 5) is 14.6. The van der Waals surface area contributed by atoms with E-state index >= 15 is 4.39 Å². The third-order valence-electron chi connectivity index (χ3n) is 6.94. The minimum Gasteiger partial charge on any atom is -0.337 e. The van der Waals surface area contributed by atoms with Crippen LogP contribution in [0.15, 0.2) is 36.4 Å². The van der Waals surface area contributed by atoms with Crippen LogP contribution in [0.2, 0.25) is 0 Å². The van der Waals surface area contributed by atoms with E-state index in [1.807, 2.05) is 0 Å². The fraction of sp³-hybridized carbons (Fsp3) is 0.480. The van der Waals surface area contributed by atoms with Gasteiger partial charge in [-0.2, -0.15) is 0 Å². The van der Waals surface area contributed by atoms with Crippen LogP contribution in [0.1, 0.15) is 37.7 Å². The standard InChI is InChI=1S/C25H28F4N2O3S/c1-35(33,34)30-24-21(31(15-25(24)8-9-25)22(32)7-2-3-10-26)13-16-5-4-6-20(23(16)29)17-11-18(27)14-19(28)12-17/h4-6,11-12,14,21,24,30H,2-3,7-10,13,15H2,1H3. The first-order valence-corrected chi connectivity index (χ1v) is 13.5. The molecule has 1 aliphatic carbocycles. The first-order valence-electron chi connectivity index (χ1n) is 11.6. The lowest BCUT2D eigenvalue weighted by Gasteiger charge is -2.29. The molecule has 35 heavy (non-hydrogen) atoms. The second kappa shape index (κ2) is 9.89. The van der Waals surface area contributed by atoms with Crippen LogP contribution >= 0.6 is 0 Å². The molecule has 2 fully saturated rings. The molecular weight excluding hydrogens is 484 g/mol. The van der Waals surface area contributed by atoms with Gasteiger partial charge in [-0.3, -0.25) is 9.18 Å². The lowest BCUT2D eigenvalue weighted by molar-refractivity contribution is -0.132. The maximum Gasteiger partial charge on any atom is 0.222 e. The molecule has 1 heterocycles. The Morgan fingerprint density at radius 2 is 1.80 bits per heavy atom. The van der Waals surface area contributed by atoms with Crippen LogP contribution in [-0.4, -0.2) is 50.8 Å². The molecule has 1 spiro atoms. The molecule has 1 saturated carbocycles. The Morgan fingerprint density at radius 3 is 2.40 bits per heavy atom. The number of carbonyl (C=O) groups excluding carboxylic acids is 1. The molecule has 1 saturated heterocycles.